The molecule has 0 aromatic heterocycles. The molecule has 23 heavy (non-hydrogen) atoms. The second-order valence-corrected chi connectivity index (χ2v) is 6.11. The SMILES string of the molecule is O=C(NCCN1CCc2ccccc2C1)c1ccc(Cl)cc1F. The van der Waals surface area contributed by atoms with Gasteiger partial charge in [-0.3, -0.25) is 9.69 Å². The summed E-state index contributed by atoms with van der Waals surface area (Å²) in [6.45, 7) is 3.10. The predicted octanol–water partition coefficient (Wildman–Crippen LogP) is 3.27. The number of carbonyl (C=O) groups is 1. The van der Waals surface area contributed by atoms with Crippen molar-refractivity contribution in [2.75, 3.05) is 19.6 Å². The smallest absolute Gasteiger partial charge is 0.254 e. The molecule has 0 atom stereocenters. The normalized spacial score (nSPS) is 14.3. The Balaban J connectivity index is 1.51. The molecule has 0 spiro atoms. The van der Waals surface area contributed by atoms with Gasteiger partial charge in [-0.2, -0.15) is 0 Å². The summed E-state index contributed by atoms with van der Waals surface area (Å²) >= 11 is 5.69. The first-order valence-electron chi connectivity index (χ1n) is 7.66. The predicted molar refractivity (Wildman–Crippen MR) is 89.2 cm³/mol. The van der Waals surface area contributed by atoms with E-state index in [1.54, 1.807) is 0 Å². The van der Waals surface area contributed by atoms with E-state index in [2.05, 4.69) is 28.4 Å². The van der Waals surface area contributed by atoms with Crippen molar-refractivity contribution in [3.8, 4) is 0 Å². The van der Waals surface area contributed by atoms with Crippen LogP contribution in [0.2, 0.25) is 5.02 Å². The first-order valence-corrected chi connectivity index (χ1v) is 8.03. The van der Waals surface area contributed by atoms with Gasteiger partial charge in [-0.1, -0.05) is 35.9 Å². The fourth-order valence-corrected chi connectivity index (χ4v) is 3.00. The summed E-state index contributed by atoms with van der Waals surface area (Å²) < 4.78 is 13.7. The molecule has 5 heteroatoms. The zero-order valence-corrected chi connectivity index (χ0v) is 13.4. The van der Waals surface area contributed by atoms with Crippen molar-refractivity contribution in [3.63, 3.8) is 0 Å². The van der Waals surface area contributed by atoms with Crippen LogP contribution in [-0.4, -0.2) is 30.4 Å². The molecule has 1 aliphatic heterocycles. The van der Waals surface area contributed by atoms with E-state index in [1.165, 1.54) is 23.3 Å². The number of halogens is 2. The first kappa shape index (κ1) is 16.0. The van der Waals surface area contributed by atoms with Crippen LogP contribution in [-0.2, 0) is 13.0 Å². The number of fused-ring (bicyclic) bond motifs is 1. The highest BCUT2D eigenvalue weighted by Crippen LogP contribution is 2.18. The van der Waals surface area contributed by atoms with Crippen molar-refractivity contribution < 1.29 is 9.18 Å². The van der Waals surface area contributed by atoms with E-state index in [1.807, 2.05) is 6.07 Å². The Morgan fingerprint density at radius 3 is 2.78 bits per heavy atom. The highest BCUT2D eigenvalue weighted by molar-refractivity contribution is 6.30. The van der Waals surface area contributed by atoms with Gasteiger partial charge in [0.1, 0.15) is 5.82 Å². The summed E-state index contributed by atoms with van der Waals surface area (Å²) in [6.07, 6.45) is 1.02. The Morgan fingerprint density at radius 2 is 2.00 bits per heavy atom. The molecule has 0 unspecified atom stereocenters. The van der Waals surface area contributed by atoms with Crippen molar-refractivity contribution in [1.82, 2.24) is 10.2 Å². The first-order chi connectivity index (χ1) is 11.1. The standard InChI is InChI=1S/C18H18ClFN2O/c19-15-5-6-16(17(20)11-15)18(23)21-8-10-22-9-7-13-3-1-2-4-14(13)12-22/h1-6,11H,7-10,12H2,(H,21,23). The highest BCUT2D eigenvalue weighted by atomic mass is 35.5. The number of amides is 1. The number of hydrogen-bond donors (Lipinski definition) is 1. The molecule has 1 N–H and O–H groups in total. The molecule has 1 amide bonds. The zero-order chi connectivity index (χ0) is 16.2. The van der Waals surface area contributed by atoms with Gasteiger partial charge >= 0.3 is 0 Å². The molecule has 0 saturated heterocycles. The molecule has 0 fully saturated rings. The minimum Gasteiger partial charge on any atom is -0.351 e. The van der Waals surface area contributed by atoms with Crippen LogP contribution in [0, 0.1) is 5.82 Å². The fraction of sp³-hybridized carbons (Fsp3) is 0.278. The van der Waals surface area contributed by atoms with Gasteiger partial charge in [0.15, 0.2) is 0 Å². The Labute approximate surface area is 140 Å². The highest BCUT2D eigenvalue weighted by Gasteiger charge is 2.16. The molecule has 2 aromatic rings. The Bertz CT molecular complexity index is 720. The number of carbonyl (C=O) groups excluding carboxylic acids is 1. The maximum absolute atomic E-state index is 13.7. The van der Waals surface area contributed by atoms with E-state index in [0.29, 0.717) is 6.54 Å². The maximum atomic E-state index is 13.7. The van der Waals surface area contributed by atoms with Gasteiger partial charge in [-0.25, -0.2) is 4.39 Å². The fourth-order valence-electron chi connectivity index (χ4n) is 2.84. The monoisotopic (exact) mass is 332 g/mol. The molecule has 3 rings (SSSR count). The van der Waals surface area contributed by atoms with Crippen LogP contribution in [0.4, 0.5) is 4.39 Å². The third-order valence-corrected chi connectivity index (χ3v) is 4.33. The summed E-state index contributed by atoms with van der Waals surface area (Å²) in [5.41, 5.74) is 2.77. The quantitative estimate of drug-likeness (QED) is 0.932. The summed E-state index contributed by atoms with van der Waals surface area (Å²) in [7, 11) is 0. The number of hydrogen-bond acceptors (Lipinski definition) is 2. The largest absolute Gasteiger partial charge is 0.351 e. The molecule has 1 aliphatic rings. The summed E-state index contributed by atoms with van der Waals surface area (Å²) in [5.74, 6) is -1.00. The third-order valence-electron chi connectivity index (χ3n) is 4.10. The van der Waals surface area contributed by atoms with Crippen molar-refractivity contribution in [1.29, 1.82) is 0 Å². The van der Waals surface area contributed by atoms with E-state index >= 15 is 0 Å². The van der Waals surface area contributed by atoms with E-state index in [4.69, 9.17) is 11.6 Å². The third kappa shape index (κ3) is 3.89. The Kier molecular flexibility index (Phi) is 4.94. The molecule has 0 radical (unpaired) electrons. The van der Waals surface area contributed by atoms with Crippen LogP contribution in [0.25, 0.3) is 0 Å². The van der Waals surface area contributed by atoms with E-state index in [9.17, 15) is 9.18 Å². The van der Waals surface area contributed by atoms with Gasteiger partial charge in [-0.15, -0.1) is 0 Å². The average Bonchev–Trinajstić information content (AvgIpc) is 2.54. The van der Waals surface area contributed by atoms with E-state index in [-0.39, 0.29) is 10.6 Å². The average molecular weight is 333 g/mol. The van der Waals surface area contributed by atoms with Crippen LogP contribution in [0.5, 0.6) is 0 Å². The lowest BCUT2D eigenvalue weighted by atomic mass is 10.00. The number of nitrogens with one attached hydrogen (secondary N) is 1. The molecular weight excluding hydrogens is 315 g/mol. The lowest BCUT2D eigenvalue weighted by Gasteiger charge is -2.28. The molecule has 0 saturated carbocycles. The minimum atomic E-state index is -0.595. The molecule has 2 aromatic carbocycles. The lowest BCUT2D eigenvalue weighted by Crippen LogP contribution is -2.38. The van der Waals surface area contributed by atoms with Gasteiger partial charge in [0.2, 0.25) is 0 Å². The van der Waals surface area contributed by atoms with E-state index < -0.39 is 11.7 Å². The van der Waals surface area contributed by atoms with Crippen LogP contribution in [0.1, 0.15) is 21.5 Å². The molecular formula is C18H18ClFN2O. The van der Waals surface area contributed by atoms with Crippen molar-refractivity contribution >= 4 is 17.5 Å². The van der Waals surface area contributed by atoms with Crippen molar-refractivity contribution in [2.24, 2.45) is 0 Å². The van der Waals surface area contributed by atoms with Crippen molar-refractivity contribution in [3.05, 3.63) is 70.0 Å². The van der Waals surface area contributed by atoms with Crippen LogP contribution in [0.3, 0.4) is 0 Å². The van der Waals surface area contributed by atoms with Gasteiger partial charge in [-0.05, 0) is 35.7 Å². The lowest BCUT2D eigenvalue weighted by molar-refractivity contribution is 0.0943. The minimum absolute atomic E-state index is 0.0263. The van der Waals surface area contributed by atoms with Crippen LogP contribution >= 0.6 is 11.6 Å². The molecule has 1 heterocycles. The van der Waals surface area contributed by atoms with Gasteiger partial charge in [0.25, 0.3) is 5.91 Å². The molecule has 3 nitrogen and oxygen atoms in total. The van der Waals surface area contributed by atoms with Crippen LogP contribution < -0.4 is 5.32 Å². The topological polar surface area (TPSA) is 32.3 Å². The molecule has 120 valence electrons. The van der Waals surface area contributed by atoms with Crippen molar-refractivity contribution in [2.45, 2.75) is 13.0 Å². The second kappa shape index (κ2) is 7.11. The number of rotatable bonds is 4. The molecule has 0 bridgehead atoms. The Hall–Kier alpha value is -1.91. The Morgan fingerprint density at radius 1 is 1.22 bits per heavy atom. The summed E-state index contributed by atoms with van der Waals surface area (Å²) in [6, 6.07) is 12.5. The second-order valence-electron chi connectivity index (χ2n) is 5.67. The van der Waals surface area contributed by atoms with E-state index in [0.717, 1.165) is 32.1 Å². The summed E-state index contributed by atoms with van der Waals surface area (Å²) in [4.78, 5) is 14.3. The zero-order valence-electron chi connectivity index (χ0n) is 12.7. The van der Waals surface area contributed by atoms with Gasteiger partial charge < -0.3 is 5.32 Å². The number of nitrogens with zero attached hydrogens (tertiary/aromatic N) is 1. The van der Waals surface area contributed by atoms with Crippen LogP contribution in [0.15, 0.2) is 42.5 Å². The maximum Gasteiger partial charge on any atom is 0.254 e. The summed E-state index contributed by atoms with van der Waals surface area (Å²) in [5, 5.41) is 3.05. The van der Waals surface area contributed by atoms with Gasteiger partial charge in [0, 0.05) is 31.2 Å². The van der Waals surface area contributed by atoms with Gasteiger partial charge in [0.05, 0.1) is 5.56 Å². The number of benzene rings is 2. The molecule has 0 aliphatic carbocycles.